The van der Waals surface area contributed by atoms with Crippen LogP contribution in [0.15, 0.2) is 114 Å². The zero-order chi connectivity index (χ0) is 26.4. The summed E-state index contributed by atoms with van der Waals surface area (Å²) >= 11 is 0. The summed E-state index contributed by atoms with van der Waals surface area (Å²) < 4.78 is 29.7. The minimum atomic E-state index is -3.95. The lowest BCUT2D eigenvalue weighted by Gasteiger charge is -2.30. The smallest absolute Gasteiger partial charge is 0.423 e. The Bertz CT molecular complexity index is 1430. The van der Waals surface area contributed by atoms with E-state index in [1.54, 1.807) is 24.3 Å². The predicted octanol–water partition coefficient (Wildman–Crippen LogP) is 2.87. The van der Waals surface area contributed by atoms with Crippen LogP contribution < -0.4 is 15.5 Å². The fourth-order valence-corrected chi connectivity index (χ4v) is 5.23. The largest absolute Gasteiger partial charge is 0.488 e. The van der Waals surface area contributed by atoms with Crippen molar-refractivity contribution in [2.45, 2.75) is 23.9 Å². The Morgan fingerprint density at radius 3 is 1.76 bits per heavy atom. The average Bonchev–Trinajstić information content (AvgIpc) is 2.92. The van der Waals surface area contributed by atoms with Gasteiger partial charge in [-0.25, -0.2) is 13.1 Å². The minimum absolute atomic E-state index is 0.121. The van der Waals surface area contributed by atoms with E-state index in [-0.39, 0.29) is 10.4 Å². The van der Waals surface area contributed by atoms with E-state index >= 15 is 0 Å². The molecule has 2 atom stereocenters. The molecule has 0 aromatic heterocycles. The van der Waals surface area contributed by atoms with Crippen LogP contribution in [0.4, 0.5) is 0 Å². The first kappa shape index (κ1) is 26.3. The summed E-state index contributed by atoms with van der Waals surface area (Å²) in [5.74, 6) is -0.441. The van der Waals surface area contributed by atoms with Gasteiger partial charge >= 0.3 is 7.12 Å². The van der Waals surface area contributed by atoms with Crippen molar-refractivity contribution in [2.75, 3.05) is 0 Å². The van der Waals surface area contributed by atoms with Gasteiger partial charge in [0.25, 0.3) is 5.91 Å². The molecule has 0 aliphatic carbocycles. The Hall–Kier alpha value is -3.76. The highest BCUT2D eigenvalue weighted by Crippen LogP contribution is 2.31. The molecule has 1 amide bonds. The lowest BCUT2D eigenvalue weighted by molar-refractivity contribution is 0.0928. The van der Waals surface area contributed by atoms with E-state index in [1.165, 1.54) is 24.3 Å². The number of rotatable bonds is 9. The normalized spacial score (nSPS) is 12.9. The number of sulfonamides is 1. The second-order valence-electron chi connectivity index (χ2n) is 8.68. The van der Waals surface area contributed by atoms with Crippen molar-refractivity contribution in [2.24, 2.45) is 0 Å². The van der Waals surface area contributed by atoms with E-state index in [9.17, 15) is 23.3 Å². The molecule has 4 aromatic carbocycles. The third kappa shape index (κ3) is 6.52. The molecule has 0 aliphatic heterocycles. The summed E-state index contributed by atoms with van der Waals surface area (Å²) in [6, 6.07) is 29.0. The number of carbonyl (C=O) groups excluding carboxylic acids is 1. The van der Waals surface area contributed by atoms with Gasteiger partial charge in [0.05, 0.1) is 17.0 Å². The SMILES string of the molecule is Cc1ccc(S(=O)(=O)NC(c2ccccc2)C(NC(=O)c2ccc(B(O)O)cc2)c2ccccc2)cc1. The van der Waals surface area contributed by atoms with Crippen molar-refractivity contribution in [1.29, 1.82) is 0 Å². The van der Waals surface area contributed by atoms with E-state index in [2.05, 4.69) is 10.0 Å². The van der Waals surface area contributed by atoms with Crippen LogP contribution in [0.25, 0.3) is 0 Å². The van der Waals surface area contributed by atoms with Crippen molar-refractivity contribution in [3.8, 4) is 0 Å². The molecule has 0 saturated carbocycles. The molecule has 0 saturated heterocycles. The van der Waals surface area contributed by atoms with Crippen LogP contribution in [0.2, 0.25) is 0 Å². The maximum absolute atomic E-state index is 13.4. The van der Waals surface area contributed by atoms with Crippen molar-refractivity contribution in [1.82, 2.24) is 10.0 Å². The highest BCUT2D eigenvalue weighted by Gasteiger charge is 2.31. The molecule has 4 N–H and O–H groups in total. The van der Waals surface area contributed by atoms with Gasteiger partial charge in [-0.3, -0.25) is 4.79 Å². The van der Waals surface area contributed by atoms with Crippen LogP contribution in [-0.2, 0) is 10.0 Å². The quantitative estimate of drug-likeness (QED) is 0.257. The highest BCUT2D eigenvalue weighted by molar-refractivity contribution is 7.89. The number of nitrogens with one attached hydrogen (secondary N) is 2. The van der Waals surface area contributed by atoms with Crippen LogP contribution in [0.1, 0.15) is 39.1 Å². The molecule has 4 aromatic rings. The van der Waals surface area contributed by atoms with Gasteiger partial charge in [-0.15, -0.1) is 0 Å². The maximum atomic E-state index is 13.4. The number of hydrogen-bond acceptors (Lipinski definition) is 5. The molecule has 37 heavy (non-hydrogen) atoms. The second kappa shape index (κ2) is 11.5. The van der Waals surface area contributed by atoms with E-state index in [4.69, 9.17) is 0 Å². The van der Waals surface area contributed by atoms with Gasteiger partial charge in [0.2, 0.25) is 10.0 Å². The summed E-state index contributed by atoms with van der Waals surface area (Å²) in [5, 5.41) is 21.7. The van der Waals surface area contributed by atoms with Crippen LogP contribution in [0, 0.1) is 6.92 Å². The molecule has 9 heteroatoms. The molecule has 0 aliphatic rings. The Labute approximate surface area is 217 Å². The summed E-state index contributed by atoms with van der Waals surface area (Å²) in [5.41, 5.74) is 2.86. The Morgan fingerprint density at radius 2 is 1.24 bits per heavy atom. The Kier molecular flexibility index (Phi) is 8.20. The fourth-order valence-electron chi connectivity index (χ4n) is 3.99. The summed E-state index contributed by atoms with van der Waals surface area (Å²) in [7, 11) is -5.60. The van der Waals surface area contributed by atoms with Crippen molar-refractivity contribution < 1.29 is 23.3 Å². The third-order valence-electron chi connectivity index (χ3n) is 6.02. The molecule has 2 unspecified atom stereocenters. The van der Waals surface area contributed by atoms with Crippen LogP contribution >= 0.6 is 0 Å². The van der Waals surface area contributed by atoms with Gasteiger partial charge in [0.1, 0.15) is 0 Å². The Balaban J connectivity index is 1.74. The molecule has 0 bridgehead atoms. The summed E-state index contributed by atoms with van der Waals surface area (Å²) in [4.78, 5) is 13.4. The maximum Gasteiger partial charge on any atom is 0.488 e. The topological polar surface area (TPSA) is 116 Å². The van der Waals surface area contributed by atoms with Crippen LogP contribution in [-0.4, -0.2) is 31.5 Å². The second-order valence-corrected chi connectivity index (χ2v) is 10.4. The molecular formula is C28H27BN2O5S. The standard InChI is InChI=1S/C28H27BN2O5S/c1-20-12-18-25(19-13-20)37(35,36)31-27(22-10-6-3-7-11-22)26(21-8-4-2-5-9-21)30-28(32)23-14-16-24(17-15-23)29(33)34/h2-19,26-27,31,33-34H,1H3,(H,30,32). The van der Waals surface area contributed by atoms with Gasteiger partial charge in [0, 0.05) is 5.56 Å². The molecular weight excluding hydrogens is 487 g/mol. The van der Waals surface area contributed by atoms with Crippen molar-refractivity contribution >= 4 is 28.5 Å². The molecule has 0 fully saturated rings. The number of amides is 1. The average molecular weight is 514 g/mol. The zero-order valence-electron chi connectivity index (χ0n) is 20.2. The summed E-state index contributed by atoms with van der Waals surface area (Å²) in [6.45, 7) is 1.88. The summed E-state index contributed by atoms with van der Waals surface area (Å²) in [6.07, 6.45) is 0. The lowest BCUT2D eigenvalue weighted by Crippen LogP contribution is -2.41. The number of aryl methyl sites for hydroxylation is 1. The van der Waals surface area contributed by atoms with E-state index in [0.717, 1.165) is 5.56 Å². The number of hydrogen-bond donors (Lipinski definition) is 4. The van der Waals surface area contributed by atoms with Gasteiger partial charge in [-0.1, -0.05) is 90.5 Å². The van der Waals surface area contributed by atoms with Gasteiger partial charge in [-0.2, -0.15) is 0 Å². The van der Waals surface area contributed by atoms with E-state index in [1.807, 2.05) is 67.6 Å². The molecule has 7 nitrogen and oxygen atoms in total. The lowest BCUT2D eigenvalue weighted by atomic mass is 9.80. The first-order chi connectivity index (χ1) is 17.7. The van der Waals surface area contributed by atoms with Crippen LogP contribution in [0.3, 0.4) is 0 Å². The zero-order valence-corrected chi connectivity index (χ0v) is 21.0. The number of carbonyl (C=O) groups is 1. The van der Waals surface area contributed by atoms with Gasteiger partial charge < -0.3 is 15.4 Å². The molecule has 4 rings (SSSR count). The molecule has 0 heterocycles. The third-order valence-corrected chi connectivity index (χ3v) is 7.48. The fraction of sp³-hybridized carbons (Fsp3) is 0.107. The first-order valence-corrected chi connectivity index (χ1v) is 13.2. The van der Waals surface area contributed by atoms with E-state index in [0.29, 0.717) is 16.7 Å². The Morgan fingerprint density at radius 1 is 0.730 bits per heavy atom. The monoisotopic (exact) mass is 514 g/mol. The first-order valence-electron chi connectivity index (χ1n) is 11.7. The van der Waals surface area contributed by atoms with E-state index < -0.39 is 35.1 Å². The molecule has 0 radical (unpaired) electrons. The predicted molar refractivity (Wildman–Crippen MR) is 144 cm³/mol. The molecule has 188 valence electrons. The minimum Gasteiger partial charge on any atom is -0.423 e. The van der Waals surface area contributed by atoms with Crippen molar-refractivity contribution in [3.05, 3.63) is 131 Å². The van der Waals surface area contributed by atoms with Gasteiger partial charge in [0.15, 0.2) is 0 Å². The van der Waals surface area contributed by atoms with Crippen LogP contribution in [0.5, 0.6) is 0 Å². The molecule has 0 spiro atoms. The highest BCUT2D eigenvalue weighted by atomic mass is 32.2. The van der Waals surface area contributed by atoms with Crippen molar-refractivity contribution in [3.63, 3.8) is 0 Å². The number of benzene rings is 4. The van der Waals surface area contributed by atoms with Gasteiger partial charge in [-0.05, 0) is 47.8 Å².